The number of rotatable bonds is 10. The lowest BCUT2D eigenvalue weighted by Crippen LogP contribution is -2.46. The minimum absolute atomic E-state index is 0.151. The van der Waals surface area contributed by atoms with E-state index in [0.29, 0.717) is 19.4 Å². The maximum absolute atomic E-state index is 10.6. The highest BCUT2D eigenvalue weighted by Gasteiger charge is 2.55. The van der Waals surface area contributed by atoms with Gasteiger partial charge in [0.1, 0.15) is 24.4 Å². The SMILES string of the molecule is CC(C)(CC[C@]12OCC[C@H]1OC[C@H]2O)CC(CO[N+](=O)[O-])O[N+](=O)[O-]. The maximum atomic E-state index is 10.6. The van der Waals surface area contributed by atoms with E-state index in [2.05, 4.69) is 9.68 Å². The van der Waals surface area contributed by atoms with Gasteiger partial charge in [-0.05, 0) is 31.1 Å². The summed E-state index contributed by atoms with van der Waals surface area (Å²) in [5.41, 5.74) is -1.19. The fraction of sp³-hybridized carbons (Fsp3) is 1.00. The van der Waals surface area contributed by atoms with Crippen LogP contribution >= 0.6 is 0 Å². The molecule has 144 valence electrons. The molecular formula is C14H24N2O9. The average molecular weight is 364 g/mol. The fourth-order valence-corrected chi connectivity index (χ4v) is 3.62. The van der Waals surface area contributed by atoms with E-state index in [1.807, 2.05) is 13.8 Å². The molecule has 0 amide bonds. The van der Waals surface area contributed by atoms with Crippen molar-refractivity contribution in [1.82, 2.24) is 0 Å². The number of fused-ring (bicyclic) bond motifs is 1. The molecule has 1 unspecified atom stereocenters. The minimum Gasteiger partial charge on any atom is -0.388 e. The number of aliphatic hydroxyl groups excluding tert-OH is 1. The second-order valence-electron chi connectivity index (χ2n) is 7.27. The Bertz CT molecular complexity index is 501. The quantitative estimate of drug-likeness (QED) is 0.441. The van der Waals surface area contributed by atoms with Crippen LogP contribution in [0.25, 0.3) is 0 Å². The molecule has 0 aromatic carbocycles. The topological polar surface area (TPSA) is 143 Å². The van der Waals surface area contributed by atoms with Crippen molar-refractivity contribution >= 4 is 0 Å². The molecule has 2 saturated heterocycles. The zero-order valence-corrected chi connectivity index (χ0v) is 14.3. The lowest BCUT2D eigenvalue weighted by Gasteiger charge is -2.35. The molecule has 0 aliphatic carbocycles. The number of ether oxygens (including phenoxy) is 2. The third kappa shape index (κ3) is 4.89. The van der Waals surface area contributed by atoms with Gasteiger partial charge in [0.05, 0.1) is 19.3 Å². The molecule has 2 fully saturated rings. The Labute approximate surface area is 144 Å². The first-order valence-electron chi connectivity index (χ1n) is 8.17. The molecule has 2 heterocycles. The molecule has 11 nitrogen and oxygen atoms in total. The van der Waals surface area contributed by atoms with Gasteiger partial charge in [0, 0.05) is 0 Å². The molecule has 11 heteroatoms. The Morgan fingerprint density at radius 2 is 2.08 bits per heavy atom. The summed E-state index contributed by atoms with van der Waals surface area (Å²) in [4.78, 5) is 29.6. The van der Waals surface area contributed by atoms with E-state index in [1.165, 1.54) is 0 Å². The highest BCUT2D eigenvalue weighted by atomic mass is 17.0. The van der Waals surface area contributed by atoms with Gasteiger partial charge in [0.25, 0.3) is 10.2 Å². The van der Waals surface area contributed by atoms with Crippen molar-refractivity contribution in [3.63, 3.8) is 0 Å². The van der Waals surface area contributed by atoms with Gasteiger partial charge in [-0.15, -0.1) is 20.2 Å². The maximum Gasteiger partial charge on any atom is 0.294 e. The van der Waals surface area contributed by atoms with Crippen molar-refractivity contribution < 1.29 is 34.4 Å². The fourth-order valence-electron chi connectivity index (χ4n) is 3.62. The normalized spacial score (nSPS) is 29.9. The average Bonchev–Trinajstić information content (AvgIpc) is 3.03. The standard InChI is InChI=1S/C14H24N2O9/c1-13(2,7-10(25-16(20)21)8-24-15(18)19)4-5-14-11(17)9-22-12(14)3-6-23-14/h10-12,17H,3-9H2,1-2H3/t10?,11-,12-,14-/m1/s1. The van der Waals surface area contributed by atoms with E-state index in [-0.39, 0.29) is 19.1 Å². The highest BCUT2D eigenvalue weighted by Crippen LogP contribution is 2.44. The Kier molecular flexibility index (Phi) is 6.01. The van der Waals surface area contributed by atoms with Gasteiger partial charge in [0.2, 0.25) is 0 Å². The third-order valence-corrected chi connectivity index (χ3v) is 4.89. The van der Waals surface area contributed by atoms with Crippen LogP contribution in [0.3, 0.4) is 0 Å². The van der Waals surface area contributed by atoms with Crippen LogP contribution in [0.4, 0.5) is 0 Å². The molecule has 0 aromatic rings. The first-order chi connectivity index (χ1) is 11.6. The van der Waals surface area contributed by atoms with Crippen molar-refractivity contribution in [2.24, 2.45) is 5.41 Å². The summed E-state index contributed by atoms with van der Waals surface area (Å²) in [6.07, 6.45) is 0.0766. The number of nitrogens with zero attached hydrogens (tertiary/aromatic N) is 2. The molecule has 0 spiro atoms. The van der Waals surface area contributed by atoms with E-state index in [1.54, 1.807) is 0 Å². The summed E-state index contributed by atoms with van der Waals surface area (Å²) >= 11 is 0. The van der Waals surface area contributed by atoms with Crippen LogP contribution in [0.5, 0.6) is 0 Å². The molecule has 0 radical (unpaired) electrons. The van der Waals surface area contributed by atoms with Gasteiger partial charge in [0.15, 0.2) is 0 Å². The lowest BCUT2D eigenvalue weighted by atomic mass is 9.77. The van der Waals surface area contributed by atoms with Gasteiger partial charge in [-0.2, -0.15) is 0 Å². The molecule has 1 N–H and O–H groups in total. The van der Waals surface area contributed by atoms with Crippen LogP contribution in [0, 0.1) is 25.6 Å². The summed E-state index contributed by atoms with van der Waals surface area (Å²) in [5, 5.41) is 29.1. The van der Waals surface area contributed by atoms with Gasteiger partial charge >= 0.3 is 0 Å². The smallest absolute Gasteiger partial charge is 0.294 e. The number of hydrogen-bond acceptors (Lipinski definition) is 9. The van der Waals surface area contributed by atoms with Gasteiger partial charge in [-0.1, -0.05) is 13.8 Å². The summed E-state index contributed by atoms with van der Waals surface area (Å²) in [5.74, 6) is 0. The summed E-state index contributed by atoms with van der Waals surface area (Å²) < 4.78 is 11.4. The molecule has 0 bridgehead atoms. The predicted octanol–water partition coefficient (Wildman–Crippen LogP) is 0.887. The van der Waals surface area contributed by atoms with E-state index in [4.69, 9.17) is 9.47 Å². The van der Waals surface area contributed by atoms with Crippen molar-refractivity contribution in [2.75, 3.05) is 19.8 Å². The van der Waals surface area contributed by atoms with Crippen molar-refractivity contribution in [3.8, 4) is 0 Å². The van der Waals surface area contributed by atoms with Gasteiger partial charge < -0.3 is 24.3 Å². The van der Waals surface area contributed by atoms with Crippen LogP contribution in [0.2, 0.25) is 0 Å². The second kappa shape index (κ2) is 7.67. The molecule has 2 rings (SSSR count). The van der Waals surface area contributed by atoms with Crippen molar-refractivity contribution in [2.45, 2.75) is 63.4 Å². The highest BCUT2D eigenvalue weighted by molar-refractivity contribution is 5.04. The van der Waals surface area contributed by atoms with Gasteiger partial charge in [-0.25, -0.2) is 0 Å². The summed E-state index contributed by atoms with van der Waals surface area (Å²) in [7, 11) is 0. The summed E-state index contributed by atoms with van der Waals surface area (Å²) in [6.45, 7) is 3.98. The van der Waals surface area contributed by atoms with Crippen LogP contribution in [-0.4, -0.2) is 59.0 Å². The van der Waals surface area contributed by atoms with Gasteiger partial charge in [-0.3, -0.25) is 0 Å². The van der Waals surface area contributed by atoms with Crippen LogP contribution in [0.15, 0.2) is 0 Å². The molecule has 4 atom stereocenters. The molecule has 0 aromatic heterocycles. The first kappa shape index (κ1) is 19.6. The molecule has 2 aliphatic rings. The number of aliphatic hydroxyl groups is 1. The van der Waals surface area contributed by atoms with E-state index in [9.17, 15) is 25.3 Å². The Morgan fingerprint density at radius 1 is 1.36 bits per heavy atom. The summed E-state index contributed by atoms with van der Waals surface area (Å²) in [6, 6.07) is 0. The van der Waals surface area contributed by atoms with E-state index in [0.717, 1.165) is 6.42 Å². The largest absolute Gasteiger partial charge is 0.388 e. The van der Waals surface area contributed by atoms with E-state index < -0.39 is 40.0 Å². The Balaban J connectivity index is 1.94. The minimum atomic E-state index is -1.06. The van der Waals surface area contributed by atoms with E-state index >= 15 is 0 Å². The van der Waals surface area contributed by atoms with Crippen LogP contribution in [-0.2, 0) is 19.1 Å². The van der Waals surface area contributed by atoms with Crippen LogP contribution in [0.1, 0.15) is 39.5 Å². The molecule has 0 saturated carbocycles. The first-order valence-corrected chi connectivity index (χ1v) is 8.17. The second-order valence-corrected chi connectivity index (χ2v) is 7.27. The molecule has 25 heavy (non-hydrogen) atoms. The Hall–Kier alpha value is -1.72. The van der Waals surface area contributed by atoms with Crippen molar-refractivity contribution in [3.05, 3.63) is 20.2 Å². The zero-order valence-electron chi connectivity index (χ0n) is 14.3. The molecule has 2 aliphatic heterocycles. The zero-order chi connectivity index (χ0) is 18.7. The predicted molar refractivity (Wildman–Crippen MR) is 81.5 cm³/mol. The molecular weight excluding hydrogens is 340 g/mol. The monoisotopic (exact) mass is 364 g/mol. The third-order valence-electron chi connectivity index (χ3n) is 4.89. The Morgan fingerprint density at radius 3 is 2.72 bits per heavy atom. The van der Waals surface area contributed by atoms with Crippen molar-refractivity contribution in [1.29, 1.82) is 0 Å². The van der Waals surface area contributed by atoms with Crippen LogP contribution < -0.4 is 0 Å². The lowest BCUT2D eigenvalue weighted by molar-refractivity contribution is -0.790. The number of hydrogen-bond donors (Lipinski definition) is 1.